The van der Waals surface area contributed by atoms with Gasteiger partial charge in [0.1, 0.15) is 10.5 Å². The molecule has 0 spiro atoms. The zero-order valence-corrected chi connectivity index (χ0v) is 13.5. The molecule has 0 fully saturated rings. The van der Waals surface area contributed by atoms with Crippen LogP contribution in [0, 0.1) is 0 Å². The van der Waals surface area contributed by atoms with Gasteiger partial charge in [0.15, 0.2) is 0 Å². The average Bonchev–Trinajstić information content (AvgIpc) is 2.33. The normalized spacial score (nSPS) is 16.1. The van der Waals surface area contributed by atoms with E-state index in [1.54, 1.807) is 34.7 Å². The minimum atomic E-state index is -4.53. The highest BCUT2D eigenvalue weighted by Crippen LogP contribution is 2.36. The molecule has 0 radical (unpaired) electrons. The second-order valence-corrected chi connectivity index (χ2v) is 8.19. The Morgan fingerprint density at radius 1 is 1.19 bits per heavy atom. The van der Waals surface area contributed by atoms with Gasteiger partial charge in [-0.1, -0.05) is 0 Å². The van der Waals surface area contributed by atoms with Crippen molar-refractivity contribution in [3.05, 3.63) is 29.3 Å². The smallest absolute Gasteiger partial charge is 0.416 e. The third-order valence-corrected chi connectivity index (χ3v) is 4.97. The largest absolute Gasteiger partial charge is 0.597 e. The predicted octanol–water partition coefficient (Wildman–Crippen LogP) is 3.87. The number of halogens is 3. The van der Waals surface area contributed by atoms with E-state index in [1.807, 2.05) is 0 Å². The summed E-state index contributed by atoms with van der Waals surface area (Å²) in [4.78, 5) is 0. The molecule has 7 heteroatoms. The Hall–Kier alpha value is -0.920. The van der Waals surface area contributed by atoms with E-state index in [0.717, 1.165) is 6.07 Å². The molecule has 21 heavy (non-hydrogen) atoms. The van der Waals surface area contributed by atoms with Crippen LogP contribution in [0.1, 0.15) is 44.9 Å². The Morgan fingerprint density at radius 2 is 1.71 bits per heavy atom. The standard InChI is InChI=1S/C14H20F3NO2S/c1-9(18(5)21(20)13(2,3)4)10-6-11(14(15,16)17)8-12(19)7-10/h6-9,19H,1-5H3/t9-,21?/m1/s1. The van der Waals surface area contributed by atoms with Crippen LogP contribution in [0.5, 0.6) is 5.75 Å². The topological polar surface area (TPSA) is 46.5 Å². The summed E-state index contributed by atoms with van der Waals surface area (Å²) >= 11 is -1.38. The van der Waals surface area contributed by atoms with Gasteiger partial charge in [-0.2, -0.15) is 13.2 Å². The van der Waals surface area contributed by atoms with Crippen molar-refractivity contribution in [2.75, 3.05) is 7.05 Å². The van der Waals surface area contributed by atoms with Crippen LogP contribution < -0.4 is 0 Å². The van der Waals surface area contributed by atoms with E-state index in [9.17, 15) is 22.8 Å². The van der Waals surface area contributed by atoms with Gasteiger partial charge in [0, 0.05) is 18.4 Å². The van der Waals surface area contributed by atoms with Gasteiger partial charge in [0.25, 0.3) is 0 Å². The molecule has 1 rings (SSSR count). The molecule has 1 aromatic rings. The molecule has 3 nitrogen and oxygen atoms in total. The highest BCUT2D eigenvalue weighted by molar-refractivity contribution is 7.90. The van der Waals surface area contributed by atoms with Crippen molar-refractivity contribution in [3.63, 3.8) is 0 Å². The molecular weight excluding hydrogens is 303 g/mol. The first kappa shape index (κ1) is 18.1. The van der Waals surface area contributed by atoms with E-state index in [2.05, 4.69) is 0 Å². The summed E-state index contributed by atoms with van der Waals surface area (Å²) in [5.74, 6) is -0.457. The number of phenols is 1. The van der Waals surface area contributed by atoms with Crippen LogP contribution in [0.4, 0.5) is 13.2 Å². The zero-order valence-electron chi connectivity index (χ0n) is 12.7. The second-order valence-electron chi connectivity index (χ2n) is 5.89. The summed E-state index contributed by atoms with van der Waals surface area (Å²) < 4.78 is 51.6. The summed E-state index contributed by atoms with van der Waals surface area (Å²) in [5, 5.41) is 9.49. The number of benzene rings is 1. The number of alkyl halides is 3. The highest BCUT2D eigenvalue weighted by Gasteiger charge is 2.36. The maximum absolute atomic E-state index is 12.8. The number of hydrogen-bond donors (Lipinski definition) is 1. The maximum atomic E-state index is 12.8. The van der Waals surface area contributed by atoms with Gasteiger partial charge >= 0.3 is 6.18 Å². The van der Waals surface area contributed by atoms with E-state index in [4.69, 9.17) is 0 Å². The molecule has 1 N–H and O–H groups in total. The number of nitrogens with zero attached hydrogens (tertiary/aromatic N) is 1. The summed E-state index contributed by atoms with van der Waals surface area (Å²) in [6, 6.07) is 2.38. The summed E-state index contributed by atoms with van der Waals surface area (Å²) in [5.41, 5.74) is -0.651. The monoisotopic (exact) mass is 323 g/mol. The molecule has 2 atom stereocenters. The fourth-order valence-electron chi connectivity index (χ4n) is 1.83. The van der Waals surface area contributed by atoms with Crippen LogP contribution in [-0.2, 0) is 17.5 Å². The van der Waals surface area contributed by atoms with Gasteiger partial charge < -0.3 is 9.66 Å². The molecule has 0 aliphatic rings. The van der Waals surface area contributed by atoms with Crippen LogP contribution >= 0.6 is 0 Å². The van der Waals surface area contributed by atoms with Crippen LogP contribution in [0.3, 0.4) is 0 Å². The Labute approximate surface area is 126 Å². The Balaban J connectivity index is 3.13. The van der Waals surface area contributed by atoms with Gasteiger partial charge in [-0.3, -0.25) is 0 Å². The van der Waals surface area contributed by atoms with Crippen LogP contribution in [0.2, 0.25) is 0 Å². The van der Waals surface area contributed by atoms with Crippen molar-refractivity contribution < 1.29 is 22.8 Å². The van der Waals surface area contributed by atoms with Crippen LogP contribution in [0.15, 0.2) is 18.2 Å². The summed E-state index contributed by atoms with van der Waals surface area (Å²) in [6.45, 7) is 7.01. The van der Waals surface area contributed by atoms with Gasteiger partial charge in [-0.25, -0.2) is 0 Å². The Bertz CT molecular complexity index is 500. The molecule has 0 aliphatic heterocycles. The third-order valence-electron chi connectivity index (χ3n) is 3.08. The van der Waals surface area contributed by atoms with E-state index >= 15 is 0 Å². The first-order valence-corrected chi connectivity index (χ1v) is 7.50. The van der Waals surface area contributed by atoms with Crippen LogP contribution in [-0.4, -0.2) is 25.8 Å². The molecule has 1 unspecified atom stereocenters. The number of rotatable bonds is 3. The minimum Gasteiger partial charge on any atom is -0.597 e. The number of phenolic OH excluding ortho intramolecular Hbond substituents is 1. The van der Waals surface area contributed by atoms with Gasteiger partial charge in [0.2, 0.25) is 0 Å². The first-order chi connectivity index (χ1) is 9.34. The molecule has 0 aliphatic carbocycles. The van der Waals surface area contributed by atoms with E-state index in [-0.39, 0.29) is 5.56 Å². The van der Waals surface area contributed by atoms with E-state index in [0.29, 0.717) is 6.07 Å². The summed E-state index contributed by atoms with van der Waals surface area (Å²) in [6.07, 6.45) is -4.53. The second kappa shape index (κ2) is 6.06. The minimum absolute atomic E-state index is 0.266. The molecule has 0 saturated carbocycles. The molecule has 0 heterocycles. The fraction of sp³-hybridized carbons (Fsp3) is 0.571. The van der Waals surface area contributed by atoms with Crippen LogP contribution in [0.25, 0.3) is 0 Å². The van der Waals surface area contributed by atoms with Gasteiger partial charge in [0.05, 0.1) is 11.6 Å². The number of aromatic hydroxyl groups is 1. The van der Waals surface area contributed by atoms with Gasteiger partial charge in [-0.15, -0.1) is 4.31 Å². The molecule has 0 amide bonds. The lowest BCUT2D eigenvalue weighted by atomic mass is 10.0. The van der Waals surface area contributed by atoms with Crippen molar-refractivity contribution in [1.82, 2.24) is 4.31 Å². The molecule has 1 aromatic carbocycles. The molecule has 0 saturated heterocycles. The lowest BCUT2D eigenvalue weighted by molar-refractivity contribution is -0.137. The zero-order chi connectivity index (χ0) is 16.6. The fourth-order valence-corrected chi connectivity index (χ4v) is 3.10. The molecule has 120 valence electrons. The molecule has 0 bridgehead atoms. The molecule has 0 aromatic heterocycles. The van der Waals surface area contributed by atoms with E-state index in [1.165, 1.54) is 10.4 Å². The highest BCUT2D eigenvalue weighted by atomic mass is 32.2. The molecular formula is C14H20F3NO2S. The summed E-state index contributed by atoms with van der Waals surface area (Å²) in [7, 11) is 1.59. The maximum Gasteiger partial charge on any atom is 0.416 e. The van der Waals surface area contributed by atoms with Gasteiger partial charge in [-0.05, 0) is 51.5 Å². The van der Waals surface area contributed by atoms with Crippen molar-refractivity contribution in [3.8, 4) is 5.75 Å². The number of hydrogen-bond acceptors (Lipinski definition) is 3. The van der Waals surface area contributed by atoms with Crippen molar-refractivity contribution in [2.45, 2.75) is 44.7 Å². The Kier molecular flexibility index (Phi) is 5.23. The lowest BCUT2D eigenvalue weighted by Crippen LogP contribution is -2.41. The quantitative estimate of drug-likeness (QED) is 0.859. The third kappa shape index (κ3) is 4.52. The van der Waals surface area contributed by atoms with Crippen molar-refractivity contribution in [2.24, 2.45) is 0 Å². The SMILES string of the molecule is C[C@H](c1cc(O)cc(C(F)(F)F)c1)N(C)[S+]([O-])C(C)(C)C. The first-order valence-electron chi connectivity index (χ1n) is 6.40. The van der Waals surface area contributed by atoms with E-state index < -0.39 is 39.6 Å². The van der Waals surface area contributed by atoms with Crippen molar-refractivity contribution >= 4 is 11.4 Å². The average molecular weight is 323 g/mol. The Morgan fingerprint density at radius 3 is 2.14 bits per heavy atom. The predicted molar refractivity (Wildman–Crippen MR) is 77.2 cm³/mol. The van der Waals surface area contributed by atoms with Crippen molar-refractivity contribution in [1.29, 1.82) is 0 Å². The lowest BCUT2D eigenvalue weighted by Gasteiger charge is -2.33.